The minimum atomic E-state index is -0.289. The van der Waals surface area contributed by atoms with E-state index < -0.39 is 0 Å². The van der Waals surface area contributed by atoms with Crippen LogP contribution in [0.3, 0.4) is 0 Å². The zero-order chi connectivity index (χ0) is 13.5. The lowest BCUT2D eigenvalue weighted by molar-refractivity contribution is -0.143. The van der Waals surface area contributed by atoms with Gasteiger partial charge in [-0.2, -0.15) is 0 Å². The van der Waals surface area contributed by atoms with Gasteiger partial charge in [0.15, 0.2) is 0 Å². The summed E-state index contributed by atoms with van der Waals surface area (Å²) in [5.41, 5.74) is 0.529. The van der Waals surface area contributed by atoms with Crippen molar-refractivity contribution in [3.05, 3.63) is 0 Å². The second-order valence-corrected chi connectivity index (χ2v) is 6.72. The zero-order valence-corrected chi connectivity index (χ0v) is 11.8. The number of aliphatic hydroxyl groups is 1. The fraction of sp³-hybridized carbons (Fsp3) is 0.929. The SMILES string of the molecule is CN1CCC2(CCN(CC(=O)N3CC(O)C3)CC2)C1. The summed E-state index contributed by atoms with van der Waals surface area (Å²) in [5.74, 6) is 0.185. The third-order valence-corrected chi connectivity index (χ3v) is 5.12. The Morgan fingerprint density at radius 2 is 1.84 bits per heavy atom. The molecular weight excluding hydrogens is 242 g/mol. The molecule has 0 atom stereocenters. The molecule has 0 aromatic heterocycles. The second-order valence-electron chi connectivity index (χ2n) is 6.72. The molecule has 1 spiro atoms. The maximum Gasteiger partial charge on any atom is 0.236 e. The molecule has 0 bridgehead atoms. The Hall–Kier alpha value is -0.650. The van der Waals surface area contributed by atoms with Crippen LogP contribution in [-0.4, -0.2) is 84.7 Å². The summed E-state index contributed by atoms with van der Waals surface area (Å²) in [5, 5.41) is 9.23. The highest BCUT2D eigenvalue weighted by Gasteiger charge is 2.40. The number of hydrogen-bond acceptors (Lipinski definition) is 4. The molecule has 1 N–H and O–H groups in total. The van der Waals surface area contributed by atoms with Gasteiger partial charge in [-0.1, -0.05) is 0 Å². The summed E-state index contributed by atoms with van der Waals surface area (Å²) >= 11 is 0. The molecule has 1 amide bonds. The molecule has 3 aliphatic heterocycles. The highest BCUT2D eigenvalue weighted by molar-refractivity contribution is 5.79. The number of likely N-dealkylation sites (tertiary alicyclic amines) is 3. The van der Waals surface area contributed by atoms with E-state index in [-0.39, 0.29) is 12.0 Å². The van der Waals surface area contributed by atoms with Crippen molar-refractivity contribution in [3.8, 4) is 0 Å². The van der Waals surface area contributed by atoms with Crippen molar-refractivity contribution in [1.29, 1.82) is 0 Å². The molecule has 0 aromatic rings. The van der Waals surface area contributed by atoms with Gasteiger partial charge in [0.05, 0.1) is 12.6 Å². The van der Waals surface area contributed by atoms with E-state index in [1.807, 2.05) is 0 Å². The summed E-state index contributed by atoms with van der Waals surface area (Å²) in [7, 11) is 2.21. The minimum Gasteiger partial charge on any atom is -0.389 e. The maximum atomic E-state index is 12.0. The van der Waals surface area contributed by atoms with E-state index in [2.05, 4.69) is 16.8 Å². The van der Waals surface area contributed by atoms with E-state index in [0.29, 0.717) is 25.0 Å². The first kappa shape index (κ1) is 13.3. The van der Waals surface area contributed by atoms with E-state index in [1.165, 1.54) is 32.4 Å². The molecule has 0 saturated carbocycles. The van der Waals surface area contributed by atoms with Gasteiger partial charge in [0, 0.05) is 19.6 Å². The quantitative estimate of drug-likeness (QED) is 0.740. The highest BCUT2D eigenvalue weighted by Crippen LogP contribution is 2.39. The molecular formula is C14H25N3O2. The monoisotopic (exact) mass is 267 g/mol. The van der Waals surface area contributed by atoms with Gasteiger partial charge in [-0.25, -0.2) is 0 Å². The van der Waals surface area contributed by atoms with Crippen molar-refractivity contribution in [1.82, 2.24) is 14.7 Å². The first-order chi connectivity index (χ1) is 9.06. The van der Waals surface area contributed by atoms with Gasteiger partial charge in [-0.15, -0.1) is 0 Å². The second kappa shape index (κ2) is 5.04. The number of β-amino-alcohol motifs (C(OH)–C–C–N with tert-alkyl or cyclic N) is 1. The molecule has 3 aliphatic rings. The Kier molecular flexibility index (Phi) is 3.53. The molecule has 3 fully saturated rings. The van der Waals surface area contributed by atoms with E-state index in [4.69, 9.17) is 0 Å². The number of aliphatic hydroxyl groups excluding tert-OH is 1. The van der Waals surface area contributed by atoms with Crippen molar-refractivity contribution in [2.75, 3.05) is 52.9 Å². The normalized spacial score (nSPS) is 28.8. The number of nitrogens with zero attached hydrogens (tertiary/aromatic N) is 3. The molecule has 3 heterocycles. The first-order valence-corrected chi connectivity index (χ1v) is 7.43. The van der Waals surface area contributed by atoms with Crippen LogP contribution in [-0.2, 0) is 4.79 Å². The lowest BCUT2D eigenvalue weighted by atomic mass is 9.78. The molecule has 0 aliphatic carbocycles. The number of carbonyl (C=O) groups excluding carboxylic acids is 1. The fourth-order valence-electron chi connectivity index (χ4n) is 3.70. The number of carbonyl (C=O) groups is 1. The molecule has 0 aromatic carbocycles. The van der Waals surface area contributed by atoms with Crippen LogP contribution in [0.1, 0.15) is 19.3 Å². The molecule has 108 valence electrons. The van der Waals surface area contributed by atoms with Gasteiger partial charge in [0.1, 0.15) is 0 Å². The van der Waals surface area contributed by atoms with Crippen LogP contribution in [0, 0.1) is 5.41 Å². The van der Waals surface area contributed by atoms with Gasteiger partial charge in [-0.05, 0) is 51.4 Å². The predicted molar refractivity (Wildman–Crippen MR) is 72.8 cm³/mol. The number of rotatable bonds is 2. The first-order valence-electron chi connectivity index (χ1n) is 7.43. The summed E-state index contributed by atoms with van der Waals surface area (Å²) in [4.78, 5) is 18.5. The van der Waals surface area contributed by atoms with Crippen molar-refractivity contribution in [2.45, 2.75) is 25.4 Å². The predicted octanol–water partition coefficient (Wildman–Crippen LogP) is -0.393. The largest absolute Gasteiger partial charge is 0.389 e. The summed E-state index contributed by atoms with van der Waals surface area (Å²) in [6, 6.07) is 0. The van der Waals surface area contributed by atoms with Gasteiger partial charge < -0.3 is 14.9 Å². The Balaban J connectivity index is 1.44. The van der Waals surface area contributed by atoms with Gasteiger partial charge in [-0.3, -0.25) is 9.69 Å². The molecule has 3 saturated heterocycles. The average Bonchev–Trinajstić information content (AvgIpc) is 2.70. The molecule has 3 rings (SSSR count). The van der Waals surface area contributed by atoms with Crippen LogP contribution in [0.4, 0.5) is 0 Å². The lowest BCUT2D eigenvalue weighted by Crippen LogP contribution is -2.56. The van der Waals surface area contributed by atoms with Gasteiger partial charge >= 0.3 is 0 Å². The topological polar surface area (TPSA) is 47.0 Å². The fourth-order valence-corrected chi connectivity index (χ4v) is 3.70. The van der Waals surface area contributed by atoms with E-state index >= 15 is 0 Å². The molecule has 0 radical (unpaired) electrons. The number of amides is 1. The Labute approximate surface area is 115 Å². The zero-order valence-electron chi connectivity index (χ0n) is 11.8. The smallest absolute Gasteiger partial charge is 0.236 e. The van der Waals surface area contributed by atoms with Crippen LogP contribution in [0.25, 0.3) is 0 Å². The summed E-state index contributed by atoms with van der Waals surface area (Å²) < 4.78 is 0. The lowest BCUT2D eigenvalue weighted by Gasteiger charge is -2.41. The molecule has 5 nitrogen and oxygen atoms in total. The molecule has 19 heavy (non-hydrogen) atoms. The van der Waals surface area contributed by atoms with Crippen molar-refractivity contribution >= 4 is 5.91 Å². The van der Waals surface area contributed by atoms with Crippen LogP contribution < -0.4 is 0 Å². The van der Waals surface area contributed by atoms with Crippen LogP contribution in [0.2, 0.25) is 0 Å². The van der Waals surface area contributed by atoms with Crippen molar-refractivity contribution in [3.63, 3.8) is 0 Å². The number of piperidine rings is 1. The third kappa shape index (κ3) is 2.78. The molecule has 5 heteroatoms. The third-order valence-electron chi connectivity index (χ3n) is 5.12. The summed E-state index contributed by atoms with van der Waals surface area (Å²) in [6.45, 7) is 6.16. The van der Waals surface area contributed by atoms with E-state index in [1.54, 1.807) is 4.90 Å². The standard InChI is InChI=1S/C14H25N3O2/c1-15-5-2-14(11-15)3-6-16(7-4-14)10-13(19)17-8-12(18)9-17/h12,18H,2-11H2,1H3. The highest BCUT2D eigenvalue weighted by atomic mass is 16.3. The Bertz CT molecular complexity index is 347. The number of hydrogen-bond donors (Lipinski definition) is 1. The summed E-state index contributed by atoms with van der Waals surface area (Å²) in [6.07, 6.45) is 3.49. The minimum absolute atomic E-state index is 0.185. The van der Waals surface area contributed by atoms with Crippen LogP contribution in [0.15, 0.2) is 0 Å². The van der Waals surface area contributed by atoms with E-state index in [0.717, 1.165) is 13.1 Å². The van der Waals surface area contributed by atoms with E-state index in [9.17, 15) is 9.90 Å². The Morgan fingerprint density at radius 1 is 1.21 bits per heavy atom. The molecule has 0 unspecified atom stereocenters. The Morgan fingerprint density at radius 3 is 2.37 bits per heavy atom. The van der Waals surface area contributed by atoms with Gasteiger partial charge in [0.25, 0.3) is 0 Å². The average molecular weight is 267 g/mol. The van der Waals surface area contributed by atoms with Gasteiger partial charge in [0.2, 0.25) is 5.91 Å². The van der Waals surface area contributed by atoms with Crippen LogP contribution >= 0.6 is 0 Å². The van der Waals surface area contributed by atoms with Crippen molar-refractivity contribution in [2.24, 2.45) is 5.41 Å². The van der Waals surface area contributed by atoms with Crippen molar-refractivity contribution < 1.29 is 9.90 Å². The van der Waals surface area contributed by atoms with Crippen LogP contribution in [0.5, 0.6) is 0 Å². The maximum absolute atomic E-state index is 12.0.